The molecule has 3 heterocycles. The zero-order chi connectivity index (χ0) is 24.2. The van der Waals surface area contributed by atoms with Crippen LogP contribution in [0.2, 0.25) is 0 Å². The van der Waals surface area contributed by atoms with Gasteiger partial charge in [-0.2, -0.15) is 5.10 Å². The van der Waals surface area contributed by atoms with Crippen LogP contribution in [0, 0.1) is 19.7 Å². The third-order valence-corrected chi connectivity index (χ3v) is 8.25. The van der Waals surface area contributed by atoms with Crippen molar-refractivity contribution in [3.63, 3.8) is 0 Å². The Labute approximate surface area is 207 Å². The van der Waals surface area contributed by atoms with Gasteiger partial charge in [0, 0.05) is 55.8 Å². The lowest BCUT2D eigenvalue weighted by atomic mass is 10.1. The van der Waals surface area contributed by atoms with E-state index in [1.807, 2.05) is 28.2 Å². The van der Waals surface area contributed by atoms with Crippen molar-refractivity contribution in [3.8, 4) is 5.69 Å². The Bertz CT molecular complexity index is 1070. The van der Waals surface area contributed by atoms with Gasteiger partial charge in [-0.1, -0.05) is 13.8 Å². The van der Waals surface area contributed by atoms with Gasteiger partial charge in [0.05, 0.1) is 11.4 Å². The Morgan fingerprint density at radius 1 is 1.03 bits per heavy atom. The standard InChI is InChI=1S/C27H38FN5S/c1-6-21(4)32(19-26-20(3)12-17-34-26)18-25-22(5)29-33(24-10-8-23(28)9-11-24)27(25)31-15-13-30(7-2)14-16-31/h8-12,17,21H,6-7,13-16,18-19H2,1-5H3/t21-/m1/s1. The molecule has 0 bridgehead atoms. The van der Waals surface area contributed by atoms with Crippen LogP contribution in [0.1, 0.15) is 48.9 Å². The Kier molecular flexibility index (Phi) is 8.06. The summed E-state index contributed by atoms with van der Waals surface area (Å²) in [4.78, 5) is 8.99. The van der Waals surface area contributed by atoms with Crippen molar-refractivity contribution in [1.82, 2.24) is 19.6 Å². The minimum absolute atomic E-state index is 0.222. The second-order valence-corrected chi connectivity index (χ2v) is 10.4. The molecule has 0 spiro atoms. The minimum Gasteiger partial charge on any atom is -0.354 e. The van der Waals surface area contributed by atoms with Crippen LogP contribution < -0.4 is 4.90 Å². The van der Waals surface area contributed by atoms with Crippen LogP contribution in [-0.2, 0) is 13.1 Å². The average Bonchev–Trinajstić information content (AvgIpc) is 3.41. The number of rotatable bonds is 9. The van der Waals surface area contributed by atoms with Crippen molar-refractivity contribution in [2.45, 2.75) is 60.2 Å². The fraction of sp³-hybridized carbons (Fsp3) is 0.519. The predicted octanol–water partition coefficient (Wildman–Crippen LogP) is 5.63. The van der Waals surface area contributed by atoms with E-state index >= 15 is 0 Å². The summed E-state index contributed by atoms with van der Waals surface area (Å²) < 4.78 is 15.7. The van der Waals surface area contributed by atoms with Gasteiger partial charge in [-0.15, -0.1) is 11.3 Å². The zero-order valence-corrected chi connectivity index (χ0v) is 22.0. The molecule has 4 rings (SSSR count). The molecule has 1 aliphatic rings. The maximum Gasteiger partial charge on any atom is 0.137 e. The summed E-state index contributed by atoms with van der Waals surface area (Å²) in [5.74, 6) is 0.941. The fourth-order valence-electron chi connectivity index (χ4n) is 4.67. The maximum absolute atomic E-state index is 13.7. The molecule has 0 unspecified atom stereocenters. The lowest BCUT2D eigenvalue weighted by Gasteiger charge is -2.37. The predicted molar refractivity (Wildman–Crippen MR) is 141 cm³/mol. The number of hydrogen-bond donors (Lipinski definition) is 0. The Morgan fingerprint density at radius 3 is 2.32 bits per heavy atom. The van der Waals surface area contributed by atoms with Crippen LogP contribution >= 0.6 is 11.3 Å². The van der Waals surface area contributed by atoms with Gasteiger partial charge in [-0.25, -0.2) is 9.07 Å². The highest BCUT2D eigenvalue weighted by Gasteiger charge is 2.27. The van der Waals surface area contributed by atoms with Gasteiger partial charge < -0.3 is 9.80 Å². The van der Waals surface area contributed by atoms with Crippen molar-refractivity contribution in [2.75, 3.05) is 37.6 Å². The number of anilines is 1. The summed E-state index contributed by atoms with van der Waals surface area (Å²) in [6, 6.07) is 9.38. The van der Waals surface area contributed by atoms with Crippen LogP contribution in [0.4, 0.5) is 10.2 Å². The molecule has 0 amide bonds. The van der Waals surface area contributed by atoms with Crippen LogP contribution in [0.5, 0.6) is 0 Å². The normalized spacial score (nSPS) is 15.9. The van der Waals surface area contributed by atoms with Gasteiger partial charge in [0.1, 0.15) is 11.6 Å². The highest BCUT2D eigenvalue weighted by Crippen LogP contribution is 2.31. The van der Waals surface area contributed by atoms with Crippen molar-refractivity contribution < 1.29 is 4.39 Å². The number of benzene rings is 1. The van der Waals surface area contributed by atoms with Crippen LogP contribution in [0.25, 0.3) is 5.69 Å². The number of nitrogens with zero attached hydrogens (tertiary/aromatic N) is 5. The molecule has 7 heteroatoms. The number of aromatic nitrogens is 2. The quantitative estimate of drug-likeness (QED) is 0.394. The molecule has 1 aliphatic heterocycles. The van der Waals surface area contributed by atoms with Gasteiger partial charge in [0.25, 0.3) is 0 Å². The van der Waals surface area contributed by atoms with Crippen molar-refractivity contribution in [3.05, 3.63) is 63.2 Å². The molecule has 34 heavy (non-hydrogen) atoms. The van der Waals surface area contributed by atoms with E-state index in [0.29, 0.717) is 6.04 Å². The molecular formula is C27H38FN5S. The molecule has 1 aromatic carbocycles. The Balaban J connectivity index is 1.72. The molecule has 2 aromatic heterocycles. The molecule has 0 saturated carbocycles. The largest absolute Gasteiger partial charge is 0.354 e. The van der Waals surface area contributed by atoms with Crippen molar-refractivity contribution >= 4 is 17.2 Å². The minimum atomic E-state index is -0.222. The van der Waals surface area contributed by atoms with E-state index in [0.717, 1.165) is 69.4 Å². The van der Waals surface area contributed by atoms with Crippen LogP contribution in [0.15, 0.2) is 35.7 Å². The topological polar surface area (TPSA) is 27.5 Å². The van der Waals surface area contributed by atoms with Gasteiger partial charge in [0.15, 0.2) is 0 Å². The third-order valence-electron chi connectivity index (χ3n) is 7.24. The first-order valence-corrected chi connectivity index (χ1v) is 13.4. The third kappa shape index (κ3) is 5.37. The summed E-state index contributed by atoms with van der Waals surface area (Å²) >= 11 is 1.84. The summed E-state index contributed by atoms with van der Waals surface area (Å²) in [7, 11) is 0. The van der Waals surface area contributed by atoms with E-state index in [-0.39, 0.29) is 5.82 Å². The summed E-state index contributed by atoms with van der Waals surface area (Å²) in [5, 5.41) is 7.18. The first-order valence-electron chi connectivity index (χ1n) is 12.5. The average molecular weight is 484 g/mol. The second-order valence-electron chi connectivity index (χ2n) is 9.39. The monoisotopic (exact) mass is 483 g/mol. The molecule has 1 fully saturated rings. The second kappa shape index (κ2) is 11.0. The van der Waals surface area contributed by atoms with Crippen molar-refractivity contribution in [2.24, 2.45) is 0 Å². The molecule has 0 aliphatic carbocycles. The van der Waals surface area contributed by atoms with Gasteiger partial charge in [-0.05, 0) is 75.0 Å². The number of thiophene rings is 1. The van der Waals surface area contributed by atoms with E-state index < -0.39 is 0 Å². The van der Waals surface area contributed by atoms with Crippen LogP contribution in [0.3, 0.4) is 0 Å². The van der Waals surface area contributed by atoms with E-state index in [2.05, 4.69) is 60.8 Å². The smallest absolute Gasteiger partial charge is 0.137 e. The highest BCUT2D eigenvalue weighted by atomic mass is 32.1. The molecule has 0 N–H and O–H groups in total. The number of aryl methyl sites for hydroxylation is 2. The van der Waals surface area contributed by atoms with E-state index in [1.54, 1.807) is 0 Å². The molecule has 5 nitrogen and oxygen atoms in total. The molecule has 3 aromatic rings. The number of piperazine rings is 1. The summed E-state index contributed by atoms with van der Waals surface area (Å²) in [5.41, 5.74) is 4.61. The van der Waals surface area contributed by atoms with E-state index in [1.165, 1.54) is 28.1 Å². The molecule has 1 saturated heterocycles. The molecule has 1 atom stereocenters. The number of halogens is 1. The SMILES string of the molecule is CC[C@@H](C)N(Cc1sccc1C)Cc1c(C)nn(-c2ccc(F)cc2)c1N1CCN(CC)CC1. The molecule has 0 radical (unpaired) electrons. The first-order chi connectivity index (χ1) is 16.4. The summed E-state index contributed by atoms with van der Waals surface area (Å²) in [6.07, 6.45) is 1.10. The van der Waals surface area contributed by atoms with E-state index in [9.17, 15) is 4.39 Å². The Hall–Kier alpha value is -2.22. The highest BCUT2D eigenvalue weighted by molar-refractivity contribution is 7.10. The van der Waals surface area contributed by atoms with Gasteiger partial charge >= 0.3 is 0 Å². The fourth-order valence-corrected chi connectivity index (χ4v) is 5.61. The van der Waals surface area contributed by atoms with Crippen LogP contribution in [-0.4, -0.2) is 58.3 Å². The number of likely N-dealkylation sites (N-methyl/N-ethyl adjacent to an activating group) is 1. The zero-order valence-electron chi connectivity index (χ0n) is 21.2. The Morgan fingerprint density at radius 2 is 1.74 bits per heavy atom. The summed E-state index contributed by atoms with van der Waals surface area (Å²) in [6.45, 7) is 18.1. The van der Waals surface area contributed by atoms with Gasteiger partial charge in [0.2, 0.25) is 0 Å². The van der Waals surface area contributed by atoms with Gasteiger partial charge in [-0.3, -0.25) is 4.90 Å². The number of hydrogen-bond acceptors (Lipinski definition) is 5. The van der Waals surface area contributed by atoms with Crippen molar-refractivity contribution in [1.29, 1.82) is 0 Å². The first kappa shape index (κ1) is 24.9. The maximum atomic E-state index is 13.7. The molecular weight excluding hydrogens is 445 g/mol. The van der Waals surface area contributed by atoms with E-state index in [4.69, 9.17) is 5.10 Å². The molecule has 184 valence electrons. The lowest BCUT2D eigenvalue weighted by molar-refractivity contribution is 0.187. The lowest BCUT2D eigenvalue weighted by Crippen LogP contribution is -2.47.